The average molecular weight is 473 g/mol. The number of nitrogens with two attached hydrogens (primary N) is 1. The summed E-state index contributed by atoms with van der Waals surface area (Å²) in [7, 11) is 0.981. The minimum Gasteiger partial charge on any atom is -0.495 e. The summed E-state index contributed by atoms with van der Waals surface area (Å²) in [5.41, 5.74) is 5.91. The predicted octanol–water partition coefficient (Wildman–Crippen LogP) is 3.54. The second-order valence-electron chi connectivity index (χ2n) is 8.08. The Hall–Kier alpha value is -1.61. The van der Waals surface area contributed by atoms with E-state index in [1.54, 1.807) is 19.1 Å². The van der Waals surface area contributed by atoms with Gasteiger partial charge in [0, 0.05) is 6.54 Å². The van der Waals surface area contributed by atoms with Crippen LogP contribution >= 0.6 is 11.6 Å². The standard InChI is InChI=1S/C22H37ClN2O5Si/c1-7-31(8-2,9-3)30-15-22(4,21(27)29-6)14-25-20(26)18(24)13-16-10-11-19(28-5)17(23)12-16/h10-12,18H,7-9,13-15,24H2,1-6H3,(H,25,26)/t18-,22?/m1/s1. The second-order valence-corrected chi connectivity index (χ2v) is 13.3. The third-order valence-electron chi connectivity index (χ3n) is 5.97. The van der Waals surface area contributed by atoms with Crippen LogP contribution in [0.25, 0.3) is 0 Å². The second kappa shape index (κ2) is 12.4. The fourth-order valence-electron chi connectivity index (χ4n) is 3.39. The Morgan fingerprint density at radius 1 is 1.19 bits per heavy atom. The van der Waals surface area contributed by atoms with Gasteiger partial charge in [-0.05, 0) is 49.2 Å². The Balaban J connectivity index is 2.79. The van der Waals surface area contributed by atoms with E-state index < -0.39 is 25.7 Å². The largest absolute Gasteiger partial charge is 0.495 e. The average Bonchev–Trinajstić information content (AvgIpc) is 2.78. The lowest BCUT2D eigenvalue weighted by atomic mass is 9.91. The highest BCUT2D eigenvalue weighted by Gasteiger charge is 2.39. The normalized spacial score (nSPS) is 14.5. The van der Waals surface area contributed by atoms with Crippen molar-refractivity contribution in [2.45, 2.75) is 58.3 Å². The molecule has 0 saturated heterocycles. The lowest BCUT2D eigenvalue weighted by Crippen LogP contribution is -2.51. The molecule has 7 nitrogen and oxygen atoms in total. The number of amides is 1. The van der Waals surface area contributed by atoms with E-state index in [0.29, 0.717) is 17.2 Å². The van der Waals surface area contributed by atoms with Crippen molar-refractivity contribution in [2.24, 2.45) is 11.1 Å². The van der Waals surface area contributed by atoms with Crippen LogP contribution in [0.4, 0.5) is 0 Å². The number of rotatable bonds is 13. The summed E-state index contributed by atoms with van der Waals surface area (Å²) in [6, 6.07) is 7.40. The van der Waals surface area contributed by atoms with Crippen molar-refractivity contribution in [3.63, 3.8) is 0 Å². The molecule has 31 heavy (non-hydrogen) atoms. The van der Waals surface area contributed by atoms with Gasteiger partial charge in [0.15, 0.2) is 8.32 Å². The lowest BCUT2D eigenvalue weighted by molar-refractivity contribution is -0.153. The molecule has 0 fully saturated rings. The molecule has 2 atom stereocenters. The minimum atomic E-state index is -1.90. The fourth-order valence-corrected chi connectivity index (χ4v) is 6.41. The molecule has 0 aliphatic heterocycles. The maximum absolute atomic E-state index is 12.6. The van der Waals surface area contributed by atoms with Crippen molar-refractivity contribution in [1.82, 2.24) is 5.32 Å². The summed E-state index contributed by atoms with van der Waals surface area (Å²) >= 11 is 6.14. The Morgan fingerprint density at radius 2 is 1.81 bits per heavy atom. The van der Waals surface area contributed by atoms with Gasteiger partial charge in [-0.25, -0.2) is 0 Å². The highest BCUT2D eigenvalue weighted by molar-refractivity contribution is 6.73. The van der Waals surface area contributed by atoms with Crippen LogP contribution in [-0.4, -0.2) is 53.6 Å². The molecule has 0 spiro atoms. The number of carbonyl (C=O) groups is 2. The zero-order chi connectivity index (χ0) is 23.7. The number of ether oxygens (including phenoxy) is 2. The van der Waals surface area contributed by atoms with Crippen LogP contribution in [-0.2, 0) is 25.2 Å². The Bertz CT molecular complexity index is 736. The number of methoxy groups -OCH3 is 2. The summed E-state index contributed by atoms with van der Waals surface area (Å²) in [4.78, 5) is 25.1. The van der Waals surface area contributed by atoms with Gasteiger partial charge in [-0.3, -0.25) is 9.59 Å². The van der Waals surface area contributed by atoms with Crippen LogP contribution in [0.15, 0.2) is 18.2 Å². The van der Waals surface area contributed by atoms with Gasteiger partial charge in [-0.1, -0.05) is 38.4 Å². The van der Waals surface area contributed by atoms with Crippen LogP contribution in [0, 0.1) is 5.41 Å². The first-order chi connectivity index (χ1) is 14.6. The molecular weight excluding hydrogens is 436 g/mol. The molecule has 1 aromatic rings. The first kappa shape index (κ1) is 27.4. The molecule has 1 unspecified atom stereocenters. The minimum absolute atomic E-state index is 0.0806. The van der Waals surface area contributed by atoms with Crippen LogP contribution in [0.3, 0.4) is 0 Å². The number of halogens is 1. The van der Waals surface area contributed by atoms with Crippen LogP contribution < -0.4 is 15.8 Å². The SMILES string of the molecule is CC[Si](CC)(CC)OCC(C)(CNC(=O)[C@H](N)Cc1ccc(OC)c(Cl)c1)C(=O)OC. The van der Waals surface area contributed by atoms with Crippen LogP contribution in [0.1, 0.15) is 33.3 Å². The zero-order valence-electron chi connectivity index (χ0n) is 19.5. The highest BCUT2D eigenvalue weighted by atomic mass is 35.5. The molecule has 1 rings (SSSR count). The van der Waals surface area contributed by atoms with Gasteiger partial charge in [0.25, 0.3) is 0 Å². The van der Waals surface area contributed by atoms with Gasteiger partial charge in [-0.2, -0.15) is 0 Å². The molecule has 0 saturated carbocycles. The molecule has 0 aromatic heterocycles. The first-order valence-corrected chi connectivity index (χ1v) is 13.6. The molecule has 0 radical (unpaired) electrons. The number of hydrogen-bond acceptors (Lipinski definition) is 6. The number of hydrogen-bond donors (Lipinski definition) is 2. The van der Waals surface area contributed by atoms with Crippen molar-refractivity contribution in [1.29, 1.82) is 0 Å². The van der Waals surface area contributed by atoms with E-state index in [9.17, 15) is 9.59 Å². The molecule has 0 bridgehead atoms. The number of benzene rings is 1. The summed E-state index contributed by atoms with van der Waals surface area (Å²) in [5, 5.41) is 3.26. The topological polar surface area (TPSA) is 99.9 Å². The highest BCUT2D eigenvalue weighted by Crippen LogP contribution is 2.27. The molecule has 176 valence electrons. The Morgan fingerprint density at radius 3 is 2.29 bits per heavy atom. The van der Waals surface area contributed by atoms with Crippen LogP contribution in [0.5, 0.6) is 5.75 Å². The molecule has 1 aromatic carbocycles. The van der Waals surface area contributed by atoms with Crippen molar-refractivity contribution < 1.29 is 23.5 Å². The van der Waals surface area contributed by atoms with E-state index in [2.05, 4.69) is 26.1 Å². The summed E-state index contributed by atoms with van der Waals surface area (Å²) in [5.74, 6) is -0.218. The van der Waals surface area contributed by atoms with Crippen molar-refractivity contribution in [3.8, 4) is 5.75 Å². The molecule has 0 aliphatic carbocycles. The molecule has 3 N–H and O–H groups in total. The van der Waals surface area contributed by atoms with Gasteiger partial charge in [0.05, 0.1) is 31.9 Å². The molecule has 0 heterocycles. The van der Waals surface area contributed by atoms with E-state index in [0.717, 1.165) is 23.7 Å². The van der Waals surface area contributed by atoms with Crippen molar-refractivity contribution >= 4 is 31.8 Å². The van der Waals surface area contributed by atoms with E-state index in [4.69, 9.17) is 31.2 Å². The van der Waals surface area contributed by atoms with Gasteiger partial charge in [-0.15, -0.1) is 0 Å². The zero-order valence-corrected chi connectivity index (χ0v) is 21.3. The predicted molar refractivity (Wildman–Crippen MR) is 126 cm³/mol. The smallest absolute Gasteiger partial charge is 0.315 e. The lowest BCUT2D eigenvalue weighted by Gasteiger charge is -2.34. The Kier molecular flexibility index (Phi) is 11.0. The van der Waals surface area contributed by atoms with Crippen LogP contribution in [0.2, 0.25) is 23.2 Å². The molecule has 9 heteroatoms. The van der Waals surface area contributed by atoms with Crippen molar-refractivity contribution in [2.75, 3.05) is 27.4 Å². The van der Waals surface area contributed by atoms with Gasteiger partial charge >= 0.3 is 5.97 Å². The molecular formula is C22H37ClN2O5Si. The third kappa shape index (κ3) is 7.48. The number of esters is 1. The number of nitrogens with one attached hydrogen (secondary N) is 1. The fraction of sp³-hybridized carbons (Fsp3) is 0.636. The quantitative estimate of drug-likeness (QED) is 0.336. The molecule has 0 aliphatic rings. The van der Waals surface area contributed by atoms with Gasteiger partial charge in [0.2, 0.25) is 5.91 Å². The maximum atomic E-state index is 12.6. The summed E-state index contributed by atoms with van der Waals surface area (Å²) in [6.45, 7) is 8.40. The van der Waals surface area contributed by atoms with E-state index >= 15 is 0 Å². The van der Waals surface area contributed by atoms with E-state index in [1.807, 2.05) is 6.07 Å². The van der Waals surface area contributed by atoms with Gasteiger partial charge in [0.1, 0.15) is 11.2 Å². The number of carbonyl (C=O) groups excluding carboxylic acids is 2. The monoisotopic (exact) mass is 472 g/mol. The molecule has 1 amide bonds. The van der Waals surface area contributed by atoms with Crippen molar-refractivity contribution in [3.05, 3.63) is 28.8 Å². The third-order valence-corrected chi connectivity index (χ3v) is 10.9. The van der Waals surface area contributed by atoms with E-state index in [-0.39, 0.29) is 19.1 Å². The summed E-state index contributed by atoms with van der Waals surface area (Å²) in [6.07, 6.45) is 0.304. The first-order valence-electron chi connectivity index (χ1n) is 10.7. The summed E-state index contributed by atoms with van der Waals surface area (Å²) < 4.78 is 16.4. The maximum Gasteiger partial charge on any atom is 0.315 e. The van der Waals surface area contributed by atoms with E-state index in [1.165, 1.54) is 14.2 Å². The Labute approximate surface area is 192 Å². The van der Waals surface area contributed by atoms with Gasteiger partial charge < -0.3 is 25.0 Å².